The second-order valence-corrected chi connectivity index (χ2v) is 8.48. The summed E-state index contributed by atoms with van der Waals surface area (Å²) < 4.78 is 5.48. The minimum Gasteiger partial charge on any atom is -0.481 e. The van der Waals surface area contributed by atoms with Crippen LogP contribution >= 0.6 is 0 Å². The number of carbonyl (C=O) groups is 3. The molecule has 3 N–H and O–H groups in total. The highest BCUT2D eigenvalue weighted by molar-refractivity contribution is 5.89. The van der Waals surface area contributed by atoms with E-state index in [0.29, 0.717) is 13.0 Å². The molecule has 2 aromatic rings. The molecule has 0 bridgehead atoms. The zero-order valence-corrected chi connectivity index (χ0v) is 18.3. The van der Waals surface area contributed by atoms with Crippen LogP contribution in [0.25, 0.3) is 11.1 Å². The number of hydrogen-bond donors (Lipinski definition) is 3. The van der Waals surface area contributed by atoms with E-state index in [1.54, 1.807) is 0 Å². The first-order valence-corrected chi connectivity index (χ1v) is 11.2. The van der Waals surface area contributed by atoms with Gasteiger partial charge in [-0.15, -0.1) is 0 Å². The number of piperidine rings is 1. The second-order valence-electron chi connectivity index (χ2n) is 8.48. The van der Waals surface area contributed by atoms with Crippen molar-refractivity contribution in [2.24, 2.45) is 0 Å². The van der Waals surface area contributed by atoms with Gasteiger partial charge in [-0.3, -0.25) is 9.59 Å². The normalized spacial score (nSPS) is 18.2. The number of carboxylic acid groups (broad SMARTS) is 1. The molecule has 1 saturated heterocycles. The molecular weight excluding hydrogens is 424 g/mol. The van der Waals surface area contributed by atoms with Crippen molar-refractivity contribution < 1.29 is 29.3 Å². The zero-order valence-electron chi connectivity index (χ0n) is 18.3. The number of benzene rings is 2. The fourth-order valence-electron chi connectivity index (χ4n) is 4.84. The van der Waals surface area contributed by atoms with Gasteiger partial charge in [-0.1, -0.05) is 48.5 Å². The fraction of sp³-hybridized carbons (Fsp3) is 0.400. The molecule has 4 rings (SSSR count). The van der Waals surface area contributed by atoms with Gasteiger partial charge in [-0.05, 0) is 41.5 Å². The van der Waals surface area contributed by atoms with E-state index in [9.17, 15) is 24.6 Å². The standard InChI is InChI=1S/C25H28N2O6/c28-14-16-7-5-6-12-27(16)24(31)22(13-23(29)30)26-25(32)33-15-21-19-10-3-1-8-17(19)18-9-2-4-11-20(18)21/h1-4,8-11,16,21-22,28H,5-7,12-15H2,(H,26,32)(H,29,30). The summed E-state index contributed by atoms with van der Waals surface area (Å²) in [5.74, 6) is -1.85. The summed E-state index contributed by atoms with van der Waals surface area (Å²) >= 11 is 0. The van der Waals surface area contributed by atoms with Gasteiger partial charge >= 0.3 is 12.1 Å². The Hall–Kier alpha value is -3.39. The molecule has 2 aromatic carbocycles. The number of rotatable bonds is 7. The molecule has 33 heavy (non-hydrogen) atoms. The lowest BCUT2D eigenvalue weighted by Gasteiger charge is -2.36. The van der Waals surface area contributed by atoms with Crippen LogP contribution in [-0.4, -0.2) is 64.9 Å². The van der Waals surface area contributed by atoms with Crippen molar-refractivity contribution in [3.63, 3.8) is 0 Å². The number of nitrogens with one attached hydrogen (secondary N) is 1. The summed E-state index contributed by atoms with van der Waals surface area (Å²) in [7, 11) is 0. The molecule has 1 aliphatic carbocycles. The molecule has 0 spiro atoms. The zero-order chi connectivity index (χ0) is 23.4. The molecular formula is C25H28N2O6. The number of carbonyl (C=O) groups excluding carboxylic acids is 2. The number of amides is 2. The van der Waals surface area contributed by atoms with E-state index >= 15 is 0 Å². The molecule has 2 unspecified atom stereocenters. The van der Waals surface area contributed by atoms with Gasteiger partial charge < -0.3 is 25.2 Å². The van der Waals surface area contributed by atoms with Gasteiger partial charge in [0.1, 0.15) is 12.6 Å². The lowest BCUT2D eigenvalue weighted by molar-refractivity contribution is -0.144. The number of aliphatic hydroxyl groups excluding tert-OH is 1. The van der Waals surface area contributed by atoms with Crippen molar-refractivity contribution >= 4 is 18.0 Å². The molecule has 0 radical (unpaired) electrons. The minimum atomic E-state index is -1.26. The fourth-order valence-corrected chi connectivity index (χ4v) is 4.84. The molecule has 0 aromatic heterocycles. The maximum Gasteiger partial charge on any atom is 0.407 e. The van der Waals surface area contributed by atoms with Gasteiger partial charge in [0, 0.05) is 12.5 Å². The Balaban J connectivity index is 1.44. The van der Waals surface area contributed by atoms with Gasteiger partial charge in [0.2, 0.25) is 5.91 Å². The number of carboxylic acids is 1. The minimum absolute atomic E-state index is 0.0663. The van der Waals surface area contributed by atoms with E-state index in [1.807, 2.05) is 48.5 Å². The molecule has 8 nitrogen and oxygen atoms in total. The number of ether oxygens (including phenoxy) is 1. The summed E-state index contributed by atoms with van der Waals surface area (Å²) in [5.41, 5.74) is 4.31. The van der Waals surface area contributed by atoms with Crippen LogP contribution in [0.15, 0.2) is 48.5 Å². The molecule has 1 heterocycles. The smallest absolute Gasteiger partial charge is 0.407 e. The van der Waals surface area contributed by atoms with E-state index in [-0.39, 0.29) is 25.2 Å². The van der Waals surface area contributed by atoms with E-state index in [2.05, 4.69) is 5.32 Å². The Labute approximate surface area is 192 Å². The van der Waals surface area contributed by atoms with E-state index in [1.165, 1.54) is 4.90 Å². The quantitative estimate of drug-likeness (QED) is 0.595. The van der Waals surface area contributed by atoms with E-state index in [4.69, 9.17) is 4.74 Å². The molecule has 8 heteroatoms. The van der Waals surface area contributed by atoms with Gasteiger partial charge in [-0.2, -0.15) is 0 Å². The van der Waals surface area contributed by atoms with Gasteiger partial charge in [0.05, 0.1) is 19.1 Å². The Kier molecular flexibility index (Phi) is 6.93. The van der Waals surface area contributed by atoms with Crippen LogP contribution in [0.3, 0.4) is 0 Å². The van der Waals surface area contributed by atoms with Crippen LogP contribution in [0.1, 0.15) is 42.7 Å². The Bertz CT molecular complexity index is 994. The average molecular weight is 453 g/mol. The number of hydrogen-bond acceptors (Lipinski definition) is 5. The van der Waals surface area contributed by atoms with Crippen LogP contribution < -0.4 is 5.32 Å². The van der Waals surface area contributed by atoms with Crippen LogP contribution in [0, 0.1) is 0 Å². The lowest BCUT2D eigenvalue weighted by Crippen LogP contribution is -2.55. The summed E-state index contributed by atoms with van der Waals surface area (Å²) in [6.07, 6.45) is 0.907. The van der Waals surface area contributed by atoms with Crippen molar-refractivity contribution in [1.82, 2.24) is 10.2 Å². The number of aliphatic hydroxyl groups is 1. The summed E-state index contributed by atoms with van der Waals surface area (Å²) in [6, 6.07) is 14.3. The highest BCUT2D eigenvalue weighted by atomic mass is 16.5. The third-order valence-corrected chi connectivity index (χ3v) is 6.43. The molecule has 2 aliphatic rings. The summed E-state index contributed by atoms with van der Waals surface area (Å²) in [5, 5.41) is 21.3. The van der Waals surface area contributed by atoms with Crippen molar-refractivity contribution in [3.8, 4) is 11.1 Å². The Morgan fingerprint density at radius 1 is 1.03 bits per heavy atom. The van der Waals surface area contributed by atoms with Crippen LogP contribution in [-0.2, 0) is 14.3 Å². The number of fused-ring (bicyclic) bond motifs is 3. The van der Waals surface area contributed by atoms with E-state index < -0.39 is 30.4 Å². The van der Waals surface area contributed by atoms with Gasteiger partial charge in [0.15, 0.2) is 0 Å². The van der Waals surface area contributed by atoms with Gasteiger partial charge in [0.25, 0.3) is 0 Å². The predicted octanol–water partition coefficient (Wildman–Crippen LogP) is 2.74. The predicted molar refractivity (Wildman–Crippen MR) is 121 cm³/mol. The lowest BCUT2D eigenvalue weighted by atomic mass is 9.98. The highest BCUT2D eigenvalue weighted by Crippen LogP contribution is 2.44. The first kappa shape index (κ1) is 22.8. The van der Waals surface area contributed by atoms with E-state index in [0.717, 1.165) is 35.1 Å². The van der Waals surface area contributed by atoms with Gasteiger partial charge in [-0.25, -0.2) is 4.79 Å². The molecule has 1 fully saturated rings. The maximum absolute atomic E-state index is 13.0. The van der Waals surface area contributed by atoms with Crippen molar-refractivity contribution in [2.45, 2.75) is 43.7 Å². The van der Waals surface area contributed by atoms with Crippen LogP contribution in [0.2, 0.25) is 0 Å². The molecule has 2 amide bonds. The summed E-state index contributed by atoms with van der Waals surface area (Å²) in [4.78, 5) is 38.4. The van der Waals surface area contributed by atoms with Crippen LogP contribution in [0.4, 0.5) is 4.79 Å². The average Bonchev–Trinajstić information content (AvgIpc) is 3.15. The molecule has 0 saturated carbocycles. The van der Waals surface area contributed by atoms with Crippen molar-refractivity contribution in [1.29, 1.82) is 0 Å². The first-order valence-electron chi connectivity index (χ1n) is 11.2. The van der Waals surface area contributed by atoms with Crippen molar-refractivity contribution in [2.75, 3.05) is 19.8 Å². The number of alkyl carbamates (subject to hydrolysis) is 1. The highest BCUT2D eigenvalue weighted by Gasteiger charge is 2.34. The second kappa shape index (κ2) is 10.0. The Morgan fingerprint density at radius 2 is 1.67 bits per heavy atom. The molecule has 2 atom stereocenters. The van der Waals surface area contributed by atoms with Crippen LogP contribution in [0.5, 0.6) is 0 Å². The largest absolute Gasteiger partial charge is 0.481 e. The summed E-state index contributed by atoms with van der Waals surface area (Å²) in [6.45, 7) is 0.292. The number of likely N-dealkylation sites (tertiary alicyclic amines) is 1. The first-order chi connectivity index (χ1) is 16.0. The van der Waals surface area contributed by atoms with Crippen molar-refractivity contribution in [3.05, 3.63) is 59.7 Å². The SMILES string of the molecule is O=C(O)CC(NC(=O)OCC1c2ccccc2-c2ccccc21)C(=O)N1CCCCC1CO. The monoisotopic (exact) mass is 452 g/mol. The molecule has 1 aliphatic heterocycles. The number of aliphatic carboxylic acids is 1. The third-order valence-electron chi connectivity index (χ3n) is 6.43. The Morgan fingerprint density at radius 3 is 2.27 bits per heavy atom. The third kappa shape index (κ3) is 4.85. The topological polar surface area (TPSA) is 116 Å². The molecule has 174 valence electrons. The maximum atomic E-state index is 13.0. The number of nitrogens with zero attached hydrogens (tertiary/aromatic N) is 1.